The van der Waals surface area contributed by atoms with Crippen molar-refractivity contribution in [3.05, 3.63) is 77.7 Å². The van der Waals surface area contributed by atoms with Crippen molar-refractivity contribution in [1.82, 2.24) is 15.0 Å². The number of aryl methyl sites for hydroxylation is 1. The number of nitrogens with one attached hydrogen (secondary N) is 3. The fourth-order valence-electron chi connectivity index (χ4n) is 4.62. The number of carbonyl (C=O) groups is 2. The van der Waals surface area contributed by atoms with Gasteiger partial charge in [-0.15, -0.1) is 0 Å². The Morgan fingerprint density at radius 1 is 1.00 bits per heavy atom. The molecular weight excluding hydrogens is 497 g/mol. The minimum Gasteiger partial charge on any atom is -0.356 e. The SMILES string of the molecule is Cc1c[nH]c2ncnc(N3CCC(C(=O)Nc4cccc(C(=O)Nc5ccc(C(F)(F)F)cc5)c4)CC3)c12. The number of fused-ring (bicyclic) bond motifs is 1. The Morgan fingerprint density at radius 3 is 2.45 bits per heavy atom. The number of aromatic amines is 1. The van der Waals surface area contributed by atoms with Crippen LogP contribution in [0.5, 0.6) is 0 Å². The summed E-state index contributed by atoms with van der Waals surface area (Å²) in [6.07, 6.45) is 0.285. The van der Waals surface area contributed by atoms with Crippen LogP contribution in [-0.4, -0.2) is 39.9 Å². The van der Waals surface area contributed by atoms with E-state index in [0.29, 0.717) is 31.6 Å². The van der Waals surface area contributed by atoms with Gasteiger partial charge in [-0.05, 0) is 67.8 Å². The molecule has 1 fully saturated rings. The number of nitrogens with zero attached hydrogens (tertiary/aromatic N) is 3. The van der Waals surface area contributed by atoms with Crippen LogP contribution in [0.3, 0.4) is 0 Å². The molecule has 2 aromatic carbocycles. The third kappa shape index (κ3) is 5.31. The Labute approximate surface area is 216 Å². The molecule has 3 N–H and O–H groups in total. The molecule has 8 nitrogen and oxygen atoms in total. The maximum absolute atomic E-state index is 13.0. The van der Waals surface area contributed by atoms with Gasteiger partial charge in [0, 0.05) is 42.1 Å². The van der Waals surface area contributed by atoms with Crippen LogP contribution in [0.15, 0.2) is 61.1 Å². The van der Waals surface area contributed by atoms with Gasteiger partial charge in [-0.2, -0.15) is 13.2 Å². The van der Waals surface area contributed by atoms with E-state index in [-0.39, 0.29) is 23.1 Å². The molecule has 0 bridgehead atoms. The fraction of sp³-hybridized carbons (Fsp3) is 0.259. The number of alkyl halides is 3. The second kappa shape index (κ2) is 10.2. The number of hydrogen-bond acceptors (Lipinski definition) is 5. The minimum atomic E-state index is -4.45. The van der Waals surface area contributed by atoms with Crippen molar-refractivity contribution in [2.24, 2.45) is 5.92 Å². The molecule has 0 aliphatic carbocycles. The number of amides is 2. The van der Waals surface area contributed by atoms with E-state index in [0.717, 1.165) is 34.5 Å². The molecule has 3 heterocycles. The summed E-state index contributed by atoms with van der Waals surface area (Å²) in [6, 6.07) is 10.6. The van der Waals surface area contributed by atoms with Crippen LogP contribution in [0.25, 0.3) is 11.0 Å². The van der Waals surface area contributed by atoms with Gasteiger partial charge >= 0.3 is 6.18 Å². The summed E-state index contributed by atoms with van der Waals surface area (Å²) in [5.41, 5.74) is 2.04. The predicted molar refractivity (Wildman–Crippen MR) is 138 cm³/mol. The third-order valence-electron chi connectivity index (χ3n) is 6.67. The summed E-state index contributed by atoms with van der Waals surface area (Å²) in [5, 5.41) is 6.46. The first-order valence-corrected chi connectivity index (χ1v) is 12.1. The van der Waals surface area contributed by atoms with Crippen molar-refractivity contribution in [3.8, 4) is 0 Å². The second-order valence-electron chi connectivity index (χ2n) is 9.25. The lowest BCUT2D eigenvalue weighted by Gasteiger charge is -2.32. The fourth-order valence-corrected chi connectivity index (χ4v) is 4.62. The van der Waals surface area contributed by atoms with E-state index in [9.17, 15) is 22.8 Å². The Hall–Kier alpha value is -4.41. The molecule has 11 heteroatoms. The smallest absolute Gasteiger partial charge is 0.356 e. The van der Waals surface area contributed by atoms with Crippen LogP contribution in [0.2, 0.25) is 0 Å². The van der Waals surface area contributed by atoms with Crippen molar-refractivity contribution in [3.63, 3.8) is 0 Å². The number of rotatable bonds is 5. The molecule has 0 saturated carbocycles. The number of aromatic nitrogens is 3. The minimum absolute atomic E-state index is 0.129. The van der Waals surface area contributed by atoms with Crippen molar-refractivity contribution in [2.75, 3.05) is 28.6 Å². The largest absolute Gasteiger partial charge is 0.416 e. The first kappa shape index (κ1) is 25.2. The Bertz CT molecular complexity index is 1470. The number of piperidine rings is 1. The van der Waals surface area contributed by atoms with E-state index >= 15 is 0 Å². The van der Waals surface area contributed by atoms with Gasteiger partial charge in [-0.25, -0.2) is 9.97 Å². The van der Waals surface area contributed by atoms with E-state index in [4.69, 9.17) is 0 Å². The zero-order valence-corrected chi connectivity index (χ0v) is 20.5. The van der Waals surface area contributed by atoms with Gasteiger partial charge in [0.05, 0.1) is 10.9 Å². The zero-order valence-electron chi connectivity index (χ0n) is 20.5. The van der Waals surface area contributed by atoms with Gasteiger partial charge in [0.1, 0.15) is 17.8 Å². The number of H-pyrrole nitrogens is 1. The van der Waals surface area contributed by atoms with E-state index < -0.39 is 17.6 Å². The van der Waals surface area contributed by atoms with Gasteiger partial charge in [-0.1, -0.05) is 6.07 Å². The summed E-state index contributed by atoms with van der Waals surface area (Å²) in [5.74, 6) is 0.0425. The summed E-state index contributed by atoms with van der Waals surface area (Å²) in [6.45, 7) is 3.35. The molecule has 0 atom stereocenters. The molecule has 0 spiro atoms. The maximum atomic E-state index is 13.0. The van der Waals surface area contributed by atoms with E-state index in [1.165, 1.54) is 18.5 Å². The molecule has 5 rings (SSSR count). The summed E-state index contributed by atoms with van der Waals surface area (Å²) in [4.78, 5) is 39.7. The van der Waals surface area contributed by atoms with Gasteiger partial charge < -0.3 is 20.5 Å². The normalized spacial score (nSPS) is 14.5. The zero-order chi connectivity index (χ0) is 26.9. The van der Waals surface area contributed by atoms with Crippen LogP contribution in [0.4, 0.5) is 30.4 Å². The molecule has 196 valence electrons. The molecule has 38 heavy (non-hydrogen) atoms. The predicted octanol–water partition coefficient (Wildman–Crippen LogP) is 5.39. The Morgan fingerprint density at radius 2 is 1.74 bits per heavy atom. The summed E-state index contributed by atoms with van der Waals surface area (Å²) >= 11 is 0. The van der Waals surface area contributed by atoms with Gasteiger partial charge in [-0.3, -0.25) is 9.59 Å². The first-order valence-electron chi connectivity index (χ1n) is 12.1. The number of carbonyl (C=O) groups excluding carboxylic acids is 2. The summed E-state index contributed by atoms with van der Waals surface area (Å²) in [7, 11) is 0. The molecule has 0 unspecified atom stereocenters. The number of benzene rings is 2. The quantitative estimate of drug-likeness (QED) is 0.326. The van der Waals surface area contributed by atoms with Crippen molar-refractivity contribution in [1.29, 1.82) is 0 Å². The topological polar surface area (TPSA) is 103 Å². The summed E-state index contributed by atoms with van der Waals surface area (Å²) < 4.78 is 38.3. The van der Waals surface area contributed by atoms with Crippen LogP contribution in [0.1, 0.15) is 34.3 Å². The van der Waals surface area contributed by atoms with Gasteiger partial charge in [0.25, 0.3) is 5.91 Å². The van der Waals surface area contributed by atoms with E-state index in [2.05, 4.69) is 30.5 Å². The second-order valence-corrected chi connectivity index (χ2v) is 9.25. The Kier molecular flexibility index (Phi) is 6.75. The highest BCUT2D eigenvalue weighted by Gasteiger charge is 2.30. The lowest BCUT2D eigenvalue weighted by molar-refractivity contribution is -0.137. The average molecular weight is 523 g/mol. The molecule has 4 aromatic rings. The molecule has 1 aliphatic rings. The molecular formula is C27H25F3N6O2. The highest BCUT2D eigenvalue weighted by Crippen LogP contribution is 2.31. The number of hydrogen-bond donors (Lipinski definition) is 3. The van der Waals surface area contributed by atoms with Gasteiger partial charge in [0.15, 0.2) is 0 Å². The van der Waals surface area contributed by atoms with Crippen LogP contribution < -0.4 is 15.5 Å². The number of anilines is 3. The van der Waals surface area contributed by atoms with Crippen molar-refractivity contribution < 1.29 is 22.8 Å². The van der Waals surface area contributed by atoms with Crippen LogP contribution in [-0.2, 0) is 11.0 Å². The van der Waals surface area contributed by atoms with Crippen molar-refractivity contribution in [2.45, 2.75) is 25.9 Å². The maximum Gasteiger partial charge on any atom is 0.416 e. The molecule has 0 radical (unpaired) electrons. The van der Waals surface area contributed by atoms with E-state index in [1.54, 1.807) is 24.3 Å². The van der Waals surface area contributed by atoms with E-state index in [1.807, 2.05) is 13.1 Å². The highest BCUT2D eigenvalue weighted by atomic mass is 19.4. The molecule has 2 amide bonds. The van der Waals surface area contributed by atoms with Gasteiger partial charge in [0.2, 0.25) is 5.91 Å². The average Bonchev–Trinajstić information content (AvgIpc) is 3.29. The van der Waals surface area contributed by atoms with Crippen molar-refractivity contribution >= 4 is 40.0 Å². The highest BCUT2D eigenvalue weighted by molar-refractivity contribution is 6.05. The monoisotopic (exact) mass is 522 g/mol. The standard InChI is InChI=1S/C27H25F3N6O2/c1-16-14-31-23-22(16)24(33-15-32-23)36-11-9-17(10-12-36)25(37)35-21-4-2-3-18(13-21)26(38)34-20-7-5-19(6-8-20)27(28,29)30/h2-8,13-15,17H,9-12H2,1H3,(H,34,38)(H,35,37)(H,31,32,33). The van der Waals surface area contributed by atoms with Crippen LogP contribution >= 0.6 is 0 Å². The molecule has 2 aromatic heterocycles. The Balaban J connectivity index is 1.19. The molecule has 1 aliphatic heterocycles. The first-order chi connectivity index (χ1) is 18.2. The number of halogens is 3. The van der Waals surface area contributed by atoms with Crippen LogP contribution in [0, 0.1) is 12.8 Å². The molecule has 1 saturated heterocycles. The third-order valence-corrected chi connectivity index (χ3v) is 6.67. The lowest BCUT2D eigenvalue weighted by Crippen LogP contribution is -2.38. The lowest BCUT2D eigenvalue weighted by atomic mass is 9.95.